The van der Waals surface area contributed by atoms with Crippen LogP contribution in [0.25, 0.3) is 10.9 Å². The Kier molecular flexibility index (Phi) is 10.6. The quantitative estimate of drug-likeness (QED) is 0.145. The first-order valence-corrected chi connectivity index (χ1v) is 16.9. The normalized spacial score (nSPS) is 25.7. The summed E-state index contributed by atoms with van der Waals surface area (Å²) < 4.78 is 18.2. The van der Waals surface area contributed by atoms with Crippen molar-refractivity contribution in [2.24, 2.45) is 11.8 Å². The van der Waals surface area contributed by atoms with E-state index in [4.69, 9.17) is 14.2 Å². The number of aliphatic carboxylic acids is 1. The van der Waals surface area contributed by atoms with Gasteiger partial charge in [0.15, 0.2) is 5.75 Å². The van der Waals surface area contributed by atoms with Gasteiger partial charge in [-0.05, 0) is 110 Å². The van der Waals surface area contributed by atoms with E-state index in [2.05, 4.69) is 32.8 Å². The smallest absolute Gasteiger partial charge is 0.408 e. The van der Waals surface area contributed by atoms with Crippen molar-refractivity contribution in [2.45, 2.75) is 101 Å². The summed E-state index contributed by atoms with van der Waals surface area (Å²) in [7, 11) is 1.59. The number of benzene rings is 1. The standard InChI is InChI=1S/C34H44BrN3O7/c1-4-5-6-12-23-13-9-16-34(23,2)45-33(42)37-29(21-10-7-8-11-21)31(39)38-20-25(19-27(38)32(40)41)44-28-18-22-17-24(43-3)14-15-26(22)36-30(28)35/h4,14-15,17-18,21,23,25,27,29H,1,5-13,16,19-20H2,2-3H3,(H,37,42)(H,40,41)/t23-,25+,27-,29-,34+/m0/s1. The number of unbranched alkanes of at least 4 members (excludes halogenated alkanes) is 1. The number of halogens is 1. The van der Waals surface area contributed by atoms with E-state index in [9.17, 15) is 19.5 Å². The van der Waals surface area contributed by atoms with Gasteiger partial charge in [-0.15, -0.1) is 6.58 Å². The van der Waals surface area contributed by atoms with Crippen LogP contribution in [0.3, 0.4) is 0 Å². The molecular weight excluding hydrogens is 642 g/mol. The molecule has 0 unspecified atom stereocenters. The van der Waals surface area contributed by atoms with Gasteiger partial charge in [-0.1, -0.05) is 18.9 Å². The van der Waals surface area contributed by atoms with Crippen molar-refractivity contribution in [2.75, 3.05) is 13.7 Å². The highest BCUT2D eigenvalue weighted by atomic mass is 79.9. The number of carbonyl (C=O) groups excluding carboxylic acids is 2. The number of hydrogen-bond donors (Lipinski definition) is 2. The van der Waals surface area contributed by atoms with Crippen LogP contribution in [0.15, 0.2) is 41.5 Å². The number of hydrogen-bond acceptors (Lipinski definition) is 7. The number of carbonyl (C=O) groups is 3. The number of rotatable bonds is 12. The molecule has 1 saturated heterocycles. The van der Waals surface area contributed by atoms with Gasteiger partial charge in [0.05, 0.1) is 19.2 Å². The number of pyridine rings is 1. The molecule has 5 rings (SSSR count). The van der Waals surface area contributed by atoms with Gasteiger partial charge in [0.2, 0.25) is 5.91 Å². The van der Waals surface area contributed by atoms with Crippen LogP contribution in [-0.2, 0) is 14.3 Å². The van der Waals surface area contributed by atoms with Crippen molar-refractivity contribution < 1.29 is 33.7 Å². The highest BCUT2D eigenvalue weighted by molar-refractivity contribution is 9.10. The third-order valence-corrected chi connectivity index (χ3v) is 10.4. The number of fused-ring (bicyclic) bond motifs is 1. The molecule has 10 nitrogen and oxygen atoms in total. The van der Waals surface area contributed by atoms with Gasteiger partial charge in [-0.25, -0.2) is 14.6 Å². The molecule has 0 bridgehead atoms. The Hall–Kier alpha value is -3.34. The fourth-order valence-electron chi connectivity index (χ4n) is 7.38. The van der Waals surface area contributed by atoms with E-state index in [1.165, 1.54) is 4.90 Å². The molecule has 3 aliphatic rings. The molecule has 3 fully saturated rings. The zero-order valence-corrected chi connectivity index (χ0v) is 27.7. The van der Waals surface area contributed by atoms with Crippen molar-refractivity contribution in [3.05, 3.63) is 41.5 Å². The Morgan fingerprint density at radius 2 is 2.00 bits per heavy atom. The molecule has 0 spiro atoms. The molecule has 1 aromatic heterocycles. The van der Waals surface area contributed by atoms with Crippen LogP contribution in [-0.4, -0.2) is 70.4 Å². The molecule has 11 heteroatoms. The predicted molar refractivity (Wildman–Crippen MR) is 173 cm³/mol. The summed E-state index contributed by atoms with van der Waals surface area (Å²) in [6, 6.07) is 5.38. The first kappa shape index (κ1) is 33.0. The zero-order chi connectivity index (χ0) is 32.1. The van der Waals surface area contributed by atoms with Gasteiger partial charge in [-0.3, -0.25) is 4.79 Å². The maximum absolute atomic E-state index is 14.1. The SMILES string of the molecule is C=CCCC[C@H]1CCC[C@@]1(C)OC(=O)N[C@H](C(=O)N1C[C@H](Oc2cc3cc(OC)ccc3nc2Br)C[C@H]1C(=O)O)C1CCCC1. The summed E-state index contributed by atoms with van der Waals surface area (Å²) in [4.78, 5) is 45.9. The second-order valence-electron chi connectivity index (χ2n) is 12.8. The minimum atomic E-state index is -1.11. The Labute approximate surface area is 273 Å². The molecule has 2 amide bonds. The van der Waals surface area contributed by atoms with Crippen LogP contribution >= 0.6 is 15.9 Å². The predicted octanol–water partition coefficient (Wildman–Crippen LogP) is 6.64. The Balaban J connectivity index is 1.31. The van der Waals surface area contributed by atoms with E-state index in [1.54, 1.807) is 7.11 Å². The van der Waals surface area contributed by atoms with E-state index in [0.717, 1.165) is 75.1 Å². The number of alkyl carbamates (subject to hydrolysis) is 1. The van der Waals surface area contributed by atoms with Crippen LogP contribution in [0.4, 0.5) is 4.79 Å². The Bertz CT molecular complexity index is 1410. The number of nitrogens with one attached hydrogen (secondary N) is 1. The lowest BCUT2D eigenvalue weighted by Crippen LogP contribution is -2.55. The number of ether oxygens (including phenoxy) is 3. The average molecular weight is 687 g/mol. The summed E-state index contributed by atoms with van der Waals surface area (Å²) in [6.07, 6.45) is 9.92. The number of amides is 2. The van der Waals surface area contributed by atoms with Gasteiger partial charge in [0.1, 0.15) is 34.1 Å². The molecule has 2 aliphatic carbocycles. The number of carboxylic acid groups (broad SMARTS) is 1. The average Bonchev–Trinajstić information content (AvgIpc) is 3.77. The second kappa shape index (κ2) is 14.4. The van der Waals surface area contributed by atoms with Gasteiger partial charge in [0, 0.05) is 11.8 Å². The molecule has 244 valence electrons. The fraction of sp³-hybridized carbons (Fsp3) is 0.588. The molecule has 2 saturated carbocycles. The number of aromatic nitrogens is 1. The van der Waals surface area contributed by atoms with Crippen molar-refractivity contribution >= 4 is 44.8 Å². The largest absolute Gasteiger partial charge is 0.497 e. The topological polar surface area (TPSA) is 127 Å². The third kappa shape index (κ3) is 7.56. The van der Waals surface area contributed by atoms with E-state index in [0.29, 0.717) is 16.1 Å². The third-order valence-electron chi connectivity index (χ3n) is 9.85. The summed E-state index contributed by atoms with van der Waals surface area (Å²) in [5.74, 6) is -0.230. The maximum Gasteiger partial charge on any atom is 0.408 e. The summed E-state index contributed by atoms with van der Waals surface area (Å²) in [5, 5.41) is 13.8. The summed E-state index contributed by atoms with van der Waals surface area (Å²) in [5.41, 5.74) is 0.143. The number of allylic oxidation sites excluding steroid dienone is 1. The summed E-state index contributed by atoms with van der Waals surface area (Å²) >= 11 is 3.48. The van der Waals surface area contributed by atoms with Crippen molar-refractivity contribution in [3.63, 3.8) is 0 Å². The van der Waals surface area contributed by atoms with E-state index in [1.807, 2.05) is 37.3 Å². The van der Waals surface area contributed by atoms with Gasteiger partial charge in [-0.2, -0.15) is 0 Å². The van der Waals surface area contributed by atoms with E-state index >= 15 is 0 Å². The van der Waals surface area contributed by atoms with Crippen LogP contribution in [0.5, 0.6) is 11.5 Å². The minimum absolute atomic E-state index is 0.0709. The molecule has 2 aromatic rings. The first-order chi connectivity index (χ1) is 21.6. The molecule has 2 heterocycles. The lowest BCUT2D eigenvalue weighted by molar-refractivity contribution is -0.149. The highest BCUT2D eigenvalue weighted by Gasteiger charge is 2.47. The molecule has 45 heavy (non-hydrogen) atoms. The van der Waals surface area contributed by atoms with Crippen LogP contribution in [0.1, 0.15) is 77.6 Å². The number of methoxy groups -OCH3 is 1. The highest BCUT2D eigenvalue weighted by Crippen LogP contribution is 2.42. The van der Waals surface area contributed by atoms with Gasteiger partial charge >= 0.3 is 12.1 Å². The van der Waals surface area contributed by atoms with Crippen LogP contribution in [0, 0.1) is 11.8 Å². The molecule has 5 atom stereocenters. The number of carboxylic acids is 1. The second-order valence-corrected chi connectivity index (χ2v) is 13.6. The lowest BCUT2D eigenvalue weighted by Gasteiger charge is -2.34. The zero-order valence-electron chi connectivity index (χ0n) is 26.1. The minimum Gasteiger partial charge on any atom is -0.497 e. The lowest BCUT2D eigenvalue weighted by atomic mass is 9.88. The number of likely N-dealkylation sites (tertiary alicyclic amines) is 1. The van der Waals surface area contributed by atoms with Gasteiger partial charge < -0.3 is 29.5 Å². The number of nitrogens with zero attached hydrogens (tertiary/aromatic N) is 2. The monoisotopic (exact) mass is 685 g/mol. The van der Waals surface area contributed by atoms with Gasteiger partial charge in [0.25, 0.3) is 0 Å². The van der Waals surface area contributed by atoms with Crippen molar-refractivity contribution in [3.8, 4) is 11.5 Å². The Morgan fingerprint density at radius 1 is 1.22 bits per heavy atom. The van der Waals surface area contributed by atoms with E-state index < -0.39 is 41.8 Å². The fourth-order valence-corrected chi connectivity index (χ4v) is 7.78. The Morgan fingerprint density at radius 3 is 2.71 bits per heavy atom. The molecule has 2 N–H and O–H groups in total. The molecule has 1 aliphatic heterocycles. The molecule has 0 radical (unpaired) electrons. The first-order valence-electron chi connectivity index (χ1n) is 16.1. The van der Waals surface area contributed by atoms with Crippen molar-refractivity contribution in [1.29, 1.82) is 0 Å². The molecule has 1 aromatic carbocycles. The maximum atomic E-state index is 14.1. The van der Waals surface area contributed by atoms with Crippen molar-refractivity contribution in [1.82, 2.24) is 15.2 Å². The van der Waals surface area contributed by atoms with Crippen LogP contribution in [0.2, 0.25) is 0 Å². The van der Waals surface area contributed by atoms with Crippen LogP contribution < -0.4 is 14.8 Å². The summed E-state index contributed by atoms with van der Waals surface area (Å²) in [6.45, 7) is 5.87. The molecular formula is C34H44BrN3O7. The van der Waals surface area contributed by atoms with E-state index in [-0.39, 0.29) is 24.8 Å².